The third kappa shape index (κ3) is 9.55. The molecule has 1 fully saturated rings. The van der Waals surface area contributed by atoms with E-state index in [1.54, 1.807) is 0 Å². The molecule has 1 aliphatic rings. The van der Waals surface area contributed by atoms with E-state index in [0.717, 1.165) is 16.5 Å². The van der Waals surface area contributed by atoms with Crippen molar-refractivity contribution < 1.29 is 53.9 Å². The number of carboxylic acids is 3. The fourth-order valence-electron chi connectivity index (χ4n) is 4.45. The summed E-state index contributed by atoms with van der Waals surface area (Å²) < 4.78 is 6.69. The molecule has 2 heterocycles. The molecule has 0 radical (unpaired) electrons. The van der Waals surface area contributed by atoms with Gasteiger partial charge in [0.1, 0.15) is 12.6 Å². The van der Waals surface area contributed by atoms with E-state index in [1.807, 2.05) is 53.8 Å². The molecule has 15 nitrogen and oxygen atoms in total. The van der Waals surface area contributed by atoms with Crippen LogP contribution < -0.4 is 10.6 Å². The summed E-state index contributed by atoms with van der Waals surface area (Å²) in [6, 6.07) is 7.41. The molecule has 1 aromatic carbocycles. The van der Waals surface area contributed by atoms with Crippen molar-refractivity contribution in [1.82, 2.24) is 20.1 Å². The number of esters is 1. The van der Waals surface area contributed by atoms with Crippen LogP contribution in [0.5, 0.6) is 0 Å². The Morgan fingerprint density at radius 1 is 1.10 bits per heavy atom. The molecule has 2 amide bonds. The molecule has 2 aromatic rings. The van der Waals surface area contributed by atoms with E-state index in [9.17, 15) is 28.8 Å². The van der Waals surface area contributed by atoms with Gasteiger partial charge >= 0.3 is 23.9 Å². The second-order valence-corrected chi connectivity index (χ2v) is 10.1. The van der Waals surface area contributed by atoms with Gasteiger partial charge in [0, 0.05) is 42.8 Å². The normalized spacial score (nSPS) is 15.4. The number of aliphatic hydroxyl groups is 1. The first-order valence-electron chi connectivity index (χ1n) is 13.0. The Balaban J connectivity index is 0.000000401. The SMILES string of the molecule is COC(=O)CC1C(=O)NCCN1Cc1cn(CC(=O)NC(C)C)c2ccccc12.O=C(O)CC(O)(CC(=O)O)C(=O)O. The van der Waals surface area contributed by atoms with Crippen LogP contribution >= 0.6 is 0 Å². The van der Waals surface area contributed by atoms with Crippen molar-refractivity contribution in [3.05, 3.63) is 36.0 Å². The highest BCUT2D eigenvalue weighted by atomic mass is 16.5. The predicted molar refractivity (Wildman–Crippen MR) is 146 cm³/mol. The van der Waals surface area contributed by atoms with Crippen molar-refractivity contribution in [2.24, 2.45) is 0 Å². The average molecular weight is 593 g/mol. The molecule has 0 bridgehead atoms. The monoisotopic (exact) mass is 592 g/mol. The molecule has 0 spiro atoms. The average Bonchev–Trinajstić information content (AvgIpc) is 3.21. The number of carboxylic acid groups (broad SMARTS) is 3. The lowest BCUT2D eigenvalue weighted by molar-refractivity contribution is -0.170. The first kappa shape index (κ1) is 33.7. The Bertz CT molecular complexity index is 1300. The van der Waals surface area contributed by atoms with Crippen molar-refractivity contribution in [2.75, 3.05) is 20.2 Å². The molecule has 1 atom stereocenters. The lowest BCUT2D eigenvalue weighted by Gasteiger charge is -2.34. The maximum atomic E-state index is 12.3. The highest BCUT2D eigenvalue weighted by Crippen LogP contribution is 2.24. The summed E-state index contributed by atoms with van der Waals surface area (Å²) >= 11 is 0. The van der Waals surface area contributed by atoms with Gasteiger partial charge in [0.2, 0.25) is 11.8 Å². The number of nitrogens with zero attached hydrogens (tertiary/aromatic N) is 2. The van der Waals surface area contributed by atoms with Crippen molar-refractivity contribution in [3.8, 4) is 0 Å². The number of carbonyl (C=O) groups excluding carboxylic acids is 3. The molecule has 6 N–H and O–H groups in total. The minimum absolute atomic E-state index is 0.0117. The second-order valence-electron chi connectivity index (χ2n) is 10.1. The van der Waals surface area contributed by atoms with Crippen molar-refractivity contribution in [1.29, 1.82) is 0 Å². The van der Waals surface area contributed by atoms with Crippen molar-refractivity contribution >= 4 is 46.6 Å². The van der Waals surface area contributed by atoms with E-state index in [1.165, 1.54) is 7.11 Å². The second kappa shape index (κ2) is 14.9. The fraction of sp³-hybridized carbons (Fsp3) is 0.481. The standard InChI is InChI=1S/C21H28N4O4.C6H8O7/c1-14(2)23-19(26)13-25-12-15(16-6-4-5-7-17(16)25)11-24-9-8-22-21(28)18(24)10-20(27)29-3;7-3(8)1-6(13,5(11)12)2-4(9)10/h4-7,12,14,18H,8-11,13H2,1-3H3,(H,22,28)(H,23,26);13H,1-2H2,(H,7,8)(H,9,10)(H,11,12). The van der Waals surface area contributed by atoms with Crippen LogP contribution in [-0.2, 0) is 46.6 Å². The summed E-state index contributed by atoms with van der Waals surface area (Å²) in [5.74, 6) is -5.64. The maximum Gasteiger partial charge on any atom is 0.336 e. The third-order valence-corrected chi connectivity index (χ3v) is 6.32. The van der Waals surface area contributed by atoms with Gasteiger partial charge in [-0.1, -0.05) is 18.2 Å². The first-order chi connectivity index (χ1) is 19.7. The number of ether oxygens (including phenoxy) is 1. The Kier molecular flexibility index (Phi) is 12.0. The number of methoxy groups -OCH3 is 1. The molecule has 1 unspecified atom stereocenters. The Labute approximate surface area is 241 Å². The highest BCUT2D eigenvalue weighted by molar-refractivity contribution is 5.89. The third-order valence-electron chi connectivity index (χ3n) is 6.32. The Morgan fingerprint density at radius 2 is 1.71 bits per heavy atom. The van der Waals surface area contributed by atoms with E-state index < -0.39 is 48.4 Å². The van der Waals surface area contributed by atoms with Gasteiger partial charge in [-0.3, -0.25) is 28.9 Å². The van der Waals surface area contributed by atoms with Crippen LogP contribution in [-0.4, -0.2) is 103 Å². The zero-order valence-electron chi connectivity index (χ0n) is 23.5. The summed E-state index contributed by atoms with van der Waals surface area (Å²) in [6.07, 6.45) is -0.312. The number of para-hydroxylation sites is 1. The van der Waals surface area contributed by atoms with E-state index in [2.05, 4.69) is 10.6 Å². The smallest absolute Gasteiger partial charge is 0.336 e. The topological polar surface area (TPSA) is 225 Å². The lowest BCUT2D eigenvalue weighted by atomic mass is 9.96. The zero-order valence-corrected chi connectivity index (χ0v) is 23.5. The number of rotatable bonds is 12. The number of fused-ring (bicyclic) bond motifs is 1. The van der Waals surface area contributed by atoms with Gasteiger partial charge in [-0.05, 0) is 25.5 Å². The molecule has 0 aliphatic carbocycles. The molecule has 1 aliphatic heterocycles. The molecule has 3 rings (SSSR count). The van der Waals surface area contributed by atoms with Gasteiger partial charge in [-0.2, -0.15) is 0 Å². The van der Waals surface area contributed by atoms with Gasteiger partial charge in [-0.15, -0.1) is 0 Å². The van der Waals surface area contributed by atoms with Crippen LogP contribution in [0.3, 0.4) is 0 Å². The van der Waals surface area contributed by atoms with Crippen LogP contribution in [0.25, 0.3) is 10.9 Å². The summed E-state index contributed by atoms with van der Waals surface area (Å²) in [6.45, 7) is 5.77. The van der Waals surface area contributed by atoms with Crippen LogP contribution in [0.15, 0.2) is 30.5 Å². The molecule has 15 heteroatoms. The highest BCUT2D eigenvalue weighted by Gasteiger charge is 2.40. The largest absolute Gasteiger partial charge is 0.481 e. The van der Waals surface area contributed by atoms with Crippen molar-refractivity contribution in [3.63, 3.8) is 0 Å². The lowest BCUT2D eigenvalue weighted by Crippen LogP contribution is -2.55. The molecule has 42 heavy (non-hydrogen) atoms. The van der Waals surface area contributed by atoms with Gasteiger partial charge < -0.3 is 40.4 Å². The molecular formula is C27H36N4O11. The number of nitrogens with one attached hydrogen (secondary N) is 2. The van der Waals surface area contributed by atoms with E-state index in [-0.39, 0.29) is 30.8 Å². The summed E-state index contributed by atoms with van der Waals surface area (Å²) in [5, 5.41) is 40.6. The van der Waals surface area contributed by atoms with E-state index >= 15 is 0 Å². The summed E-state index contributed by atoms with van der Waals surface area (Å²) in [7, 11) is 1.32. The molecule has 1 aromatic heterocycles. The number of amides is 2. The van der Waals surface area contributed by atoms with Crippen molar-refractivity contribution in [2.45, 2.75) is 63.9 Å². The number of aliphatic carboxylic acids is 3. The fourth-order valence-corrected chi connectivity index (χ4v) is 4.45. The molecular weight excluding hydrogens is 556 g/mol. The van der Waals surface area contributed by atoms with Crippen LogP contribution in [0.1, 0.15) is 38.7 Å². The molecule has 0 saturated carbocycles. The van der Waals surface area contributed by atoms with Crippen LogP contribution in [0, 0.1) is 0 Å². The maximum absolute atomic E-state index is 12.3. The number of carbonyl (C=O) groups is 6. The summed E-state index contributed by atoms with van der Waals surface area (Å²) in [4.78, 5) is 68.9. The number of hydrogen-bond acceptors (Lipinski definition) is 9. The molecule has 230 valence electrons. The van der Waals surface area contributed by atoms with E-state index in [4.69, 9.17) is 25.2 Å². The minimum atomic E-state index is -2.74. The first-order valence-corrected chi connectivity index (χ1v) is 13.0. The quantitative estimate of drug-likeness (QED) is 0.176. The Hall–Kier alpha value is -4.50. The van der Waals surface area contributed by atoms with Gasteiger partial charge in [0.15, 0.2) is 5.60 Å². The number of aromatic nitrogens is 1. The number of hydrogen-bond donors (Lipinski definition) is 6. The molecule has 1 saturated heterocycles. The minimum Gasteiger partial charge on any atom is -0.481 e. The van der Waals surface area contributed by atoms with Crippen LogP contribution in [0.4, 0.5) is 0 Å². The van der Waals surface area contributed by atoms with Gasteiger partial charge in [0.25, 0.3) is 0 Å². The Morgan fingerprint density at radius 3 is 2.26 bits per heavy atom. The van der Waals surface area contributed by atoms with Gasteiger partial charge in [-0.25, -0.2) is 4.79 Å². The predicted octanol–water partition coefficient (Wildman–Crippen LogP) is -0.219. The summed E-state index contributed by atoms with van der Waals surface area (Å²) in [5.41, 5.74) is -0.757. The van der Waals surface area contributed by atoms with E-state index in [0.29, 0.717) is 19.6 Å². The number of piperazine rings is 1. The number of benzene rings is 1. The van der Waals surface area contributed by atoms with Crippen LogP contribution in [0.2, 0.25) is 0 Å². The zero-order chi connectivity index (χ0) is 31.6. The van der Waals surface area contributed by atoms with Gasteiger partial charge in [0.05, 0.1) is 26.4 Å².